The summed E-state index contributed by atoms with van der Waals surface area (Å²) in [5, 5.41) is 0. The number of nitrogens with zero attached hydrogens (tertiary/aromatic N) is 1. The van der Waals surface area contributed by atoms with Gasteiger partial charge in [0.25, 0.3) is 0 Å². The van der Waals surface area contributed by atoms with Gasteiger partial charge in [-0.3, -0.25) is 4.98 Å². The molecule has 2 rings (SSSR count). The quantitative estimate of drug-likeness (QED) is 0.891. The van der Waals surface area contributed by atoms with Crippen LogP contribution in [-0.2, 0) is 6.42 Å². The van der Waals surface area contributed by atoms with Gasteiger partial charge in [0.15, 0.2) is 0 Å². The minimum atomic E-state index is 0.204. The van der Waals surface area contributed by atoms with Crippen molar-refractivity contribution in [3.05, 3.63) is 53.9 Å². The lowest BCUT2D eigenvalue weighted by Gasteiger charge is -2.11. The number of nitrogens with two attached hydrogens (primary N) is 1. The molecule has 0 radical (unpaired) electrons. The summed E-state index contributed by atoms with van der Waals surface area (Å²) in [5.41, 5.74) is 8.07. The lowest BCUT2D eigenvalue weighted by molar-refractivity contribution is 0.474. The summed E-state index contributed by atoms with van der Waals surface area (Å²) < 4.78 is 5.86. The van der Waals surface area contributed by atoms with Crippen LogP contribution in [0.2, 0.25) is 0 Å². The fourth-order valence-electron chi connectivity index (χ4n) is 1.89. The Morgan fingerprint density at radius 2 is 2.11 bits per heavy atom. The van der Waals surface area contributed by atoms with E-state index in [1.54, 1.807) is 6.20 Å². The summed E-state index contributed by atoms with van der Waals surface area (Å²) in [6, 6.07) is 12.1. The first kappa shape index (κ1) is 13.6. The second-order valence-electron chi connectivity index (χ2n) is 4.71. The predicted molar refractivity (Wildman–Crippen MR) is 77.5 cm³/mol. The minimum absolute atomic E-state index is 0.204. The first-order chi connectivity index (χ1) is 9.19. The number of benzene rings is 1. The van der Waals surface area contributed by atoms with Crippen molar-refractivity contribution in [3.63, 3.8) is 0 Å². The molecule has 0 fully saturated rings. The van der Waals surface area contributed by atoms with Crippen LogP contribution in [0.15, 0.2) is 42.6 Å². The van der Waals surface area contributed by atoms with E-state index in [-0.39, 0.29) is 6.04 Å². The molecule has 1 unspecified atom stereocenters. The van der Waals surface area contributed by atoms with Crippen LogP contribution in [0.25, 0.3) is 0 Å². The standard InChI is InChI=1S/C16H20N2O/c1-3-14(17)10-13-6-4-7-15(11-13)19-16-8-5-9-18-12(16)2/h4-9,11,14H,3,10,17H2,1-2H3. The van der Waals surface area contributed by atoms with Crippen molar-refractivity contribution >= 4 is 0 Å². The van der Waals surface area contributed by atoms with E-state index in [0.29, 0.717) is 0 Å². The topological polar surface area (TPSA) is 48.1 Å². The molecule has 0 aliphatic carbocycles. The molecule has 2 N–H and O–H groups in total. The van der Waals surface area contributed by atoms with Crippen molar-refractivity contribution in [3.8, 4) is 11.5 Å². The Bertz CT molecular complexity index is 540. The zero-order valence-electron chi connectivity index (χ0n) is 11.5. The molecule has 1 aromatic carbocycles. The van der Waals surface area contributed by atoms with Crippen molar-refractivity contribution in [2.24, 2.45) is 5.73 Å². The second-order valence-corrected chi connectivity index (χ2v) is 4.71. The van der Waals surface area contributed by atoms with E-state index >= 15 is 0 Å². The smallest absolute Gasteiger partial charge is 0.148 e. The average molecular weight is 256 g/mol. The van der Waals surface area contributed by atoms with E-state index in [1.165, 1.54) is 5.56 Å². The lowest BCUT2D eigenvalue weighted by atomic mass is 10.0. The number of hydrogen-bond acceptors (Lipinski definition) is 3. The molecule has 1 aromatic heterocycles. The zero-order valence-corrected chi connectivity index (χ0v) is 11.5. The van der Waals surface area contributed by atoms with Gasteiger partial charge in [0.05, 0.1) is 5.69 Å². The lowest BCUT2D eigenvalue weighted by Crippen LogP contribution is -2.21. The summed E-state index contributed by atoms with van der Waals surface area (Å²) in [6.45, 7) is 4.04. The highest BCUT2D eigenvalue weighted by Gasteiger charge is 2.05. The van der Waals surface area contributed by atoms with E-state index in [9.17, 15) is 0 Å². The molecule has 0 aliphatic heterocycles. The third kappa shape index (κ3) is 3.80. The molecule has 3 heteroatoms. The number of hydrogen-bond donors (Lipinski definition) is 1. The van der Waals surface area contributed by atoms with E-state index in [0.717, 1.165) is 30.0 Å². The van der Waals surface area contributed by atoms with Gasteiger partial charge in [-0.1, -0.05) is 19.1 Å². The molecule has 0 bridgehead atoms. The highest BCUT2D eigenvalue weighted by molar-refractivity contribution is 5.35. The number of rotatable bonds is 5. The third-order valence-corrected chi connectivity index (χ3v) is 3.11. The Morgan fingerprint density at radius 1 is 1.26 bits per heavy atom. The Labute approximate surface area is 114 Å². The van der Waals surface area contributed by atoms with Gasteiger partial charge < -0.3 is 10.5 Å². The number of aromatic nitrogens is 1. The maximum Gasteiger partial charge on any atom is 0.148 e. The van der Waals surface area contributed by atoms with E-state index in [4.69, 9.17) is 10.5 Å². The molecule has 0 spiro atoms. The molecule has 100 valence electrons. The van der Waals surface area contributed by atoms with Gasteiger partial charge in [0, 0.05) is 12.2 Å². The first-order valence-corrected chi connectivity index (χ1v) is 6.63. The van der Waals surface area contributed by atoms with Crippen molar-refractivity contribution < 1.29 is 4.74 Å². The first-order valence-electron chi connectivity index (χ1n) is 6.63. The molecule has 0 saturated carbocycles. The van der Waals surface area contributed by atoms with Gasteiger partial charge in [-0.25, -0.2) is 0 Å². The summed E-state index contributed by atoms with van der Waals surface area (Å²) >= 11 is 0. The number of ether oxygens (including phenoxy) is 1. The van der Waals surface area contributed by atoms with Crippen LogP contribution < -0.4 is 10.5 Å². The second kappa shape index (κ2) is 6.34. The predicted octanol–water partition coefficient (Wildman–Crippen LogP) is 3.46. The van der Waals surface area contributed by atoms with Crippen molar-refractivity contribution in [2.45, 2.75) is 32.7 Å². The summed E-state index contributed by atoms with van der Waals surface area (Å²) in [7, 11) is 0. The fourth-order valence-corrected chi connectivity index (χ4v) is 1.89. The highest BCUT2D eigenvalue weighted by Crippen LogP contribution is 2.24. The zero-order chi connectivity index (χ0) is 13.7. The Morgan fingerprint density at radius 3 is 2.84 bits per heavy atom. The van der Waals surface area contributed by atoms with Gasteiger partial charge in [-0.05, 0) is 49.6 Å². The molecular formula is C16H20N2O. The molecular weight excluding hydrogens is 236 g/mol. The van der Waals surface area contributed by atoms with Crippen LogP contribution >= 0.6 is 0 Å². The molecule has 19 heavy (non-hydrogen) atoms. The van der Waals surface area contributed by atoms with Crippen molar-refractivity contribution in [1.82, 2.24) is 4.98 Å². The van der Waals surface area contributed by atoms with Crippen LogP contribution in [0.3, 0.4) is 0 Å². The number of aryl methyl sites for hydroxylation is 1. The molecule has 2 aromatic rings. The average Bonchev–Trinajstić information content (AvgIpc) is 2.42. The van der Waals surface area contributed by atoms with Crippen LogP contribution in [0, 0.1) is 6.92 Å². The Hall–Kier alpha value is -1.87. The third-order valence-electron chi connectivity index (χ3n) is 3.11. The molecule has 0 saturated heterocycles. The van der Waals surface area contributed by atoms with Crippen LogP contribution in [0.5, 0.6) is 11.5 Å². The van der Waals surface area contributed by atoms with Crippen molar-refractivity contribution in [1.29, 1.82) is 0 Å². The SMILES string of the molecule is CCC(N)Cc1cccc(Oc2cccnc2C)c1. The Balaban J connectivity index is 2.13. The molecule has 3 nitrogen and oxygen atoms in total. The molecule has 0 amide bonds. The van der Waals surface area contributed by atoms with Gasteiger partial charge in [-0.2, -0.15) is 0 Å². The largest absolute Gasteiger partial charge is 0.455 e. The van der Waals surface area contributed by atoms with Crippen LogP contribution in [-0.4, -0.2) is 11.0 Å². The maximum atomic E-state index is 5.98. The van der Waals surface area contributed by atoms with Crippen LogP contribution in [0.4, 0.5) is 0 Å². The van der Waals surface area contributed by atoms with Gasteiger partial charge in [0.2, 0.25) is 0 Å². The van der Waals surface area contributed by atoms with Gasteiger partial charge in [-0.15, -0.1) is 0 Å². The maximum absolute atomic E-state index is 5.98. The number of pyridine rings is 1. The molecule has 1 heterocycles. The summed E-state index contributed by atoms with van der Waals surface area (Å²) in [6.07, 6.45) is 3.62. The fraction of sp³-hybridized carbons (Fsp3) is 0.312. The monoisotopic (exact) mass is 256 g/mol. The van der Waals surface area contributed by atoms with Gasteiger partial charge >= 0.3 is 0 Å². The van der Waals surface area contributed by atoms with Gasteiger partial charge in [0.1, 0.15) is 11.5 Å². The summed E-state index contributed by atoms with van der Waals surface area (Å²) in [5.74, 6) is 1.62. The Kier molecular flexibility index (Phi) is 4.53. The highest BCUT2D eigenvalue weighted by atomic mass is 16.5. The molecule has 1 atom stereocenters. The van der Waals surface area contributed by atoms with E-state index in [2.05, 4.69) is 18.0 Å². The normalized spacial score (nSPS) is 12.2. The van der Waals surface area contributed by atoms with E-state index in [1.807, 2.05) is 37.3 Å². The van der Waals surface area contributed by atoms with Crippen LogP contribution in [0.1, 0.15) is 24.6 Å². The van der Waals surface area contributed by atoms with Crippen molar-refractivity contribution in [2.75, 3.05) is 0 Å². The molecule has 0 aliphatic rings. The summed E-state index contributed by atoms with van der Waals surface area (Å²) in [4.78, 5) is 4.21. The van der Waals surface area contributed by atoms with E-state index < -0.39 is 0 Å². The minimum Gasteiger partial charge on any atom is -0.455 e.